The second-order valence-corrected chi connectivity index (χ2v) is 11.2. The lowest BCUT2D eigenvalue weighted by molar-refractivity contribution is 1.12. The number of rotatable bonds is 2. The number of fused-ring (bicyclic) bond motifs is 9. The molecule has 7 aromatic carbocycles. The fraction of sp³-hybridized carbons (Fsp3) is 0. The third kappa shape index (κ3) is 3.20. The number of hydrogen-bond acceptors (Lipinski definition) is 2. The Bertz CT molecular complexity index is 2450. The minimum atomic E-state index is 0.598. The Balaban J connectivity index is 1.65. The lowest BCUT2D eigenvalue weighted by atomic mass is 9.95. The van der Waals surface area contributed by atoms with Crippen LogP contribution in [0, 0.1) is 22.7 Å². The van der Waals surface area contributed by atoms with Crippen molar-refractivity contribution in [3.05, 3.63) is 145 Å². The van der Waals surface area contributed by atoms with Crippen LogP contribution in [0.1, 0.15) is 11.1 Å². The number of nitriles is 2. The van der Waals surface area contributed by atoms with Gasteiger partial charge in [0.1, 0.15) is 0 Å². The molecule has 0 radical (unpaired) electrons. The highest BCUT2D eigenvalue weighted by Crippen LogP contribution is 2.45. The smallest absolute Gasteiger partial charge is 0.0991 e. The van der Waals surface area contributed by atoms with Gasteiger partial charge in [0.05, 0.1) is 56.7 Å². The van der Waals surface area contributed by atoms with Crippen molar-refractivity contribution in [1.82, 2.24) is 9.13 Å². The first-order valence-electron chi connectivity index (χ1n) is 14.6. The Hall–Kier alpha value is -6.36. The van der Waals surface area contributed by atoms with Crippen LogP contribution < -0.4 is 0 Å². The number of nitrogens with zero attached hydrogens (tertiary/aromatic N) is 4. The second-order valence-electron chi connectivity index (χ2n) is 11.2. The van der Waals surface area contributed by atoms with Gasteiger partial charge in [0.2, 0.25) is 0 Å². The summed E-state index contributed by atoms with van der Waals surface area (Å²) in [6, 6.07) is 50.7. The van der Waals surface area contributed by atoms with Gasteiger partial charge in [0.15, 0.2) is 0 Å². The average molecular weight is 559 g/mol. The minimum absolute atomic E-state index is 0.598. The summed E-state index contributed by atoms with van der Waals surface area (Å²) in [5, 5.41) is 28.8. The summed E-state index contributed by atoms with van der Waals surface area (Å²) < 4.78 is 4.71. The van der Waals surface area contributed by atoms with Gasteiger partial charge in [-0.1, -0.05) is 84.9 Å². The third-order valence-electron chi connectivity index (χ3n) is 8.93. The predicted molar refractivity (Wildman–Crippen MR) is 180 cm³/mol. The van der Waals surface area contributed by atoms with Crippen molar-refractivity contribution in [2.45, 2.75) is 0 Å². The van der Waals surface area contributed by atoms with Crippen molar-refractivity contribution in [3.63, 3.8) is 0 Å². The zero-order valence-electron chi connectivity index (χ0n) is 23.5. The summed E-state index contributed by atoms with van der Waals surface area (Å²) in [7, 11) is 0. The lowest BCUT2D eigenvalue weighted by Gasteiger charge is -2.22. The summed E-state index contributed by atoms with van der Waals surface area (Å²) in [4.78, 5) is 0. The molecule has 0 saturated carbocycles. The molecule has 0 unspecified atom stereocenters. The van der Waals surface area contributed by atoms with Crippen LogP contribution >= 0.6 is 0 Å². The molecule has 0 spiro atoms. The van der Waals surface area contributed by atoms with E-state index in [0.717, 1.165) is 76.5 Å². The van der Waals surface area contributed by atoms with Crippen LogP contribution in [-0.4, -0.2) is 9.13 Å². The molecular formula is C40H22N4. The fourth-order valence-electron chi connectivity index (χ4n) is 7.12. The Morgan fingerprint density at radius 2 is 0.659 bits per heavy atom. The summed E-state index contributed by atoms with van der Waals surface area (Å²) >= 11 is 0. The maximum absolute atomic E-state index is 10.1. The Morgan fingerprint density at radius 3 is 0.977 bits per heavy atom. The van der Waals surface area contributed by atoms with Crippen LogP contribution in [0.2, 0.25) is 0 Å². The predicted octanol–water partition coefficient (Wildman–Crippen LogP) is 9.93. The van der Waals surface area contributed by atoms with Gasteiger partial charge in [-0.15, -0.1) is 0 Å². The zero-order chi connectivity index (χ0) is 29.4. The van der Waals surface area contributed by atoms with Crippen LogP contribution in [0.15, 0.2) is 133 Å². The molecule has 0 atom stereocenters. The SMILES string of the molecule is N#Cc1ccc2c(c1)c(-n1c3ccccc3c3ccccc31)c(-n1c3ccccc3c3ccccc31)c1cc(C#N)ccc12. The topological polar surface area (TPSA) is 57.4 Å². The number of benzene rings is 7. The van der Waals surface area contributed by atoms with E-state index in [1.807, 2.05) is 24.3 Å². The zero-order valence-corrected chi connectivity index (χ0v) is 23.5. The maximum Gasteiger partial charge on any atom is 0.0991 e. The Labute approximate surface area is 252 Å². The molecule has 202 valence electrons. The molecule has 4 nitrogen and oxygen atoms in total. The van der Waals surface area contributed by atoms with E-state index < -0.39 is 0 Å². The van der Waals surface area contributed by atoms with Crippen LogP contribution in [0.25, 0.3) is 76.5 Å². The first kappa shape index (κ1) is 24.3. The summed E-state index contributed by atoms with van der Waals surface area (Å²) in [6.07, 6.45) is 0. The third-order valence-corrected chi connectivity index (χ3v) is 8.93. The van der Waals surface area contributed by atoms with Crippen LogP contribution in [-0.2, 0) is 0 Å². The molecule has 4 heteroatoms. The van der Waals surface area contributed by atoms with Crippen molar-refractivity contribution in [1.29, 1.82) is 10.5 Å². The monoisotopic (exact) mass is 558 g/mol. The molecular weight excluding hydrogens is 536 g/mol. The number of hydrogen-bond donors (Lipinski definition) is 0. The summed E-state index contributed by atoms with van der Waals surface area (Å²) in [5.74, 6) is 0. The molecule has 0 aliphatic rings. The van der Waals surface area contributed by atoms with Crippen LogP contribution in [0.5, 0.6) is 0 Å². The van der Waals surface area contributed by atoms with Crippen molar-refractivity contribution in [2.75, 3.05) is 0 Å². The van der Waals surface area contributed by atoms with E-state index >= 15 is 0 Å². The van der Waals surface area contributed by atoms with E-state index in [9.17, 15) is 10.5 Å². The molecule has 2 heterocycles. The molecule has 0 amide bonds. The van der Waals surface area contributed by atoms with Gasteiger partial charge in [0.25, 0.3) is 0 Å². The first-order chi connectivity index (χ1) is 21.8. The van der Waals surface area contributed by atoms with Gasteiger partial charge in [-0.05, 0) is 59.3 Å². The summed E-state index contributed by atoms with van der Waals surface area (Å²) in [6.45, 7) is 0. The number of para-hydroxylation sites is 4. The Kier molecular flexibility index (Phi) is 5.00. The van der Waals surface area contributed by atoms with Gasteiger partial charge in [-0.25, -0.2) is 0 Å². The molecule has 44 heavy (non-hydrogen) atoms. The fourth-order valence-corrected chi connectivity index (χ4v) is 7.12. The second kappa shape index (κ2) is 9.07. The standard InChI is InChI=1S/C40H22N4/c41-23-25-17-19-27-28-20-18-26(24-42)22-34(28)40(44-37-15-7-3-11-31(37)32-12-4-8-16-38(32)44)39(33(27)21-25)43-35-13-5-1-9-29(35)30-10-2-6-14-36(30)43/h1-22H. The van der Waals surface area contributed by atoms with Gasteiger partial charge in [0, 0.05) is 32.3 Å². The molecule has 0 fully saturated rings. The van der Waals surface area contributed by atoms with E-state index in [4.69, 9.17) is 0 Å². The number of aromatic nitrogens is 2. The van der Waals surface area contributed by atoms with Gasteiger partial charge in [-0.2, -0.15) is 10.5 Å². The molecule has 0 saturated heterocycles. The normalized spacial score (nSPS) is 11.6. The van der Waals surface area contributed by atoms with Crippen molar-refractivity contribution in [3.8, 4) is 23.5 Å². The highest BCUT2D eigenvalue weighted by atomic mass is 15.1. The van der Waals surface area contributed by atoms with Crippen molar-refractivity contribution in [2.24, 2.45) is 0 Å². The maximum atomic E-state index is 10.1. The van der Waals surface area contributed by atoms with Gasteiger partial charge < -0.3 is 9.13 Å². The summed E-state index contributed by atoms with van der Waals surface area (Å²) in [5.41, 5.74) is 7.46. The largest absolute Gasteiger partial charge is 0.307 e. The molecule has 0 aliphatic heterocycles. The molecule has 9 rings (SSSR count). The minimum Gasteiger partial charge on any atom is -0.307 e. The Morgan fingerprint density at radius 1 is 0.341 bits per heavy atom. The van der Waals surface area contributed by atoms with E-state index in [2.05, 4.69) is 130 Å². The van der Waals surface area contributed by atoms with Crippen LogP contribution in [0.4, 0.5) is 0 Å². The van der Waals surface area contributed by atoms with Gasteiger partial charge in [-0.3, -0.25) is 0 Å². The highest BCUT2D eigenvalue weighted by Gasteiger charge is 2.24. The molecule has 0 aliphatic carbocycles. The molecule has 0 N–H and O–H groups in total. The van der Waals surface area contributed by atoms with E-state index in [0.29, 0.717) is 11.1 Å². The van der Waals surface area contributed by atoms with E-state index in [1.165, 1.54) is 0 Å². The highest BCUT2D eigenvalue weighted by molar-refractivity contribution is 6.21. The molecule has 9 aromatic rings. The lowest BCUT2D eigenvalue weighted by Crippen LogP contribution is -2.06. The van der Waals surface area contributed by atoms with Crippen molar-refractivity contribution >= 4 is 65.2 Å². The van der Waals surface area contributed by atoms with E-state index in [1.54, 1.807) is 0 Å². The average Bonchev–Trinajstić information content (AvgIpc) is 3.60. The molecule has 0 bridgehead atoms. The van der Waals surface area contributed by atoms with Gasteiger partial charge >= 0.3 is 0 Å². The first-order valence-corrected chi connectivity index (χ1v) is 14.6. The van der Waals surface area contributed by atoms with E-state index in [-0.39, 0.29) is 0 Å². The quantitative estimate of drug-likeness (QED) is 0.198. The van der Waals surface area contributed by atoms with Crippen LogP contribution in [0.3, 0.4) is 0 Å². The van der Waals surface area contributed by atoms with Crippen molar-refractivity contribution < 1.29 is 0 Å². The molecule has 2 aromatic heterocycles.